The van der Waals surface area contributed by atoms with Crippen LogP contribution in [0, 0.1) is 0 Å². The minimum atomic E-state index is 0.475. The van der Waals surface area contributed by atoms with E-state index in [1.807, 2.05) is 12.1 Å². The predicted octanol–water partition coefficient (Wildman–Crippen LogP) is 3.42. The van der Waals surface area contributed by atoms with E-state index in [0.717, 1.165) is 11.4 Å². The Hall–Kier alpha value is -1.22. The van der Waals surface area contributed by atoms with Crippen LogP contribution in [0.5, 0.6) is 5.75 Å². The second kappa shape index (κ2) is 7.39. The molecule has 2 rings (SSSR count). The van der Waals surface area contributed by atoms with Crippen LogP contribution in [0.15, 0.2) is 24.3 Å². The van der Waals surface area contributed by atoms with Gasteiger partial charge in [0.25, 0.3) is 0 Å². The number of hydrogen-bond acceptors (Lipinski definition) is 3. The van der Waals surface area contributed by atoms with Gasteiger partial charge < -0.3 is 15.4 Å². The number of rotatable bonds is 5. The molecule has 2 unspecified atom stereocenters. The van der Waals surface area contributed by atoms with E-state index >= 15 is 0 Å². The molecule has 1 fully saturated rings. The fourth-order valence-electron chi connectivity index (χ4n) is 2.79. The monoisotopic (exact) mass is 262 g/mol. The van der Waals surface area contributed by atoms with Gasteiger partial charge in [-0.2, -0.15) is 0 Å². The van der Waals surface area contributed by atoms with Gasteiger partial charge in [0.1, 0.15) is 5.75 Å². The van der Waals surface area contributed by atoms with Crippen LogP contribution in [0.3, 0.4) is 0 Å². The van der Waals surface area contributed by atoms with Gasteiger partial charge in [0.15, 0.2) is 0 Å². The Morgan fingerprint density at radius 1 is 1.37 bits per heavy atom. The van der Waals surface area contributed by atoms with Crippen molar-refractivity contribution >= 4 is 5.69 Å². The second-order valence-corrected chi connectivity index (χ2v) is 5.51. The van der Waals surface area contributed by atoms with Gasteiger partial charge >= 0.3 is 0 Å². The summed E-state index contributed by atoms with van der Waals surface area (Å²) in [4.78, 5) is 0. The van der Waals surface area contributed by atoms with Gasteiger partial charge in [-0.05, 0) is 44.9 Å². The Labute approximate surface area is 116 Å². The van der Waals surface area contributed by atoms with Crippen LogP contribution >= 0.6 is 0 Å². The minimum Gasteiger partial charge on any atom is -0.497 e. The molecule has 0 saturated carbocycles. The number of hydrogen-bond donors (Lipinski definition) is 2. The molecule has 3 nitrogen and oxygen atoms in total. The van der Waals surface area contributed by atoms with Crippen molar-refractivity contribution in [1.29, 1.82) is 0 Å². The average Bonchev–Trinajstić information content (AvgIpc) is 2.67. The van der Waals surface area contributed by atoms with Crippen molar-refractivity contribution in [3.63, 3.8) is 0 Å². The van der Waals surface area contributed by atoms with E-state index < -0.39 is 0 Å². The largest absolute Gasteiger partial charge is 0.497 e. The number of ether oxygens (including phenoxy) is 1. The molecule has 1 heterocycles. The molecule has 0 spiro atoms. The minimum absolute atomic E-state index is 0.475. The van der Waals surface area contributed by atoms with Crippen molar-refractivity contribution in [3.8, 4) is 5.75 Å². The summed E-state index contributed by atoms with van der Waals surface area (Å²) in [5.41, 5.74) is 1.14. The third-order valence-electron chi connectivity index (χ3n) is 3.78. The highest BCUT2D eigenvalue weighted by Crippen LogP contribution is 2.19. The predicted molar refractivity (Wildman–Crippen MR) is 81.0 cm³/mol. The number of anilines is 1. The fraction of sp³-hybridized carbons (Fsp3) is 0.625. The van der Waals surface area contributed by atoms with Crippen LogP contribution in [-0.4, -0.2) is 25.7 Å². The lowest BCUT2D eigenvalue weighted by Gasteiger charge is -2.22. The molecule has 2 atom stereocenters. The first kappa shape index (κ1) is 14.2. The van der Waals surface area contributed by atoms with Gasteiger partial charge in [0, 0.05) is 23.8 Å². The summed E-state index contributed by atoms with van der Waals surface area (Å²) in [6, 6.07) is 9.29. The van der Waals surface area contributed by atoms with Crippen molar-refractivity contribution in [2.45, 2.75) is 51.1 Å². The van der Waals surface area contributed by atoms with Gasteiger partial charge in [0.05, 0.1) is 7.11 Å². The molecule has 0 radical (unpaired) electrons. The highest BCUT2D eigenvalue weighted by Gasteiger charge is 2.14. The smallest absolute Gasteiger partial charge is 0.120 e. The Morgan fingerprint density at radius 3 is 3.11 bits per heavy atom. The standard InChI is InChI=1S/C16H26N2O/c1-13(11-14-7-4-3-5-10-17-14)18-15-8-6-9-16(12-15)19-2/h6,8-9,12-14,17-18H,3-5,7,10-11H2,1-2H3. The lowest BCUT2D eigenvalue weighted by molar-refractivity contribution is 0.415. The normalized spacial score (nSPS) is 21.5. The zero-order valence-corrected chi connectivity index (χ0v) is 12.1. The summed E-state index contributed by atoms with van der Waals surface area (Å²) < 4.78 is 5.25. The SMILES string of the molecule is COc1cccc(NC(C)CC2CCCCCN2)c1. The molecule has 0 aromatic heterocycles. The summed E-state index contributed by atoms with van der Waals surface area (Å²) in [7, 11) is 1.71. The lowest BCUT2D eigenvalue weighted by atomic mass is 10.0. The van der Waals surface area contributed by atoms with Gasteiger partial charge in [0.2, 0.25) is 0 Å². The van der Waals surface area contributed by atoms with Crippen molar-refractivity contribution < 1.29 is 4.74 Å². The van der Waals surface area contributed by atoms with Crippen LogP contribution in [0.2, 0.25) is 0 Å². The van der Waals surface area contributed by atoms with Crippen molar-refractivity contribution in [3.05, 3.63) is 24.3 Å². The molecule has 3 heteroatoms. The van der Waals surface area contributed by atoms with Gasteiger partial charge in [-0.25, -0.2) is 0 Å². The molecule has 1 aliphatic heterocycles. The number of methoxy groups -OCH3 is 1. The van der Waals surface area contributed by atoms with E-state index in [0.29, 0.717) is 12.1 Å². The molecule has 19 heavy (non-hydrogen) atoms. The Kier molecular flexibility index (Phi) is 5.52. The molecular formula is C16H26N2O. The zero-order valence-electron chi connectivity index (χ0n) is 12.1. The lowest BCUT2D eigenvalue weighted by Crippen LogP contribution is -2.33. The van der Waals surface area contributed by atoms with E-state index in [9.17, 15) is 0 Å². The van der Waals surface area contributed by atoms with E-state index in [2.05, 4.69) is 29.7 Å². The summed E-state index contributed by atoms with van der Waals surface area (Å²) in [6.07, 6.45) is 6.56. The summed E-state index contributed by atoms with van der Waals surface area (Å²) >= 11 is 0. The van der Waals surface area contributed by atoms with Crippen LogP contribution in [0.1, 0.15) is 39.0 Å². The Morgan fingerprint density at radius 2 is 2.26 bits per heavy atom. The first-order valence-corrected chi connectivity index (χ1v) is 7.42. The highest BCUT2D eigenvalue weighted by molar-refractivity contribution is 5.48. The molecule has 0 bridgehead atoms. The maximum atomic E-state index is 5.25. The molecule has 0 amide bonds. The van der Waals surface area contributed by atoms with Crippen LogP contribution < -0.4 is 15.4 Å². The molecule has 2 N–H and O–H groups in total. The van der Waals surface area contributed by atoms with Gasteiger partial charge in [-0.15, -0.1) is 0 Å². The zero-order chi connectivity index (χ0) is 13.5. The molecule has 106 valence electrons. The summed E-state index contributed by atoms with van der Waals surface area (Å²) in [5, 5.41) is 7.22. The molecule has 1 aliphatic rings. The fourth-order valence-corrected chi connectivity index (χ4v) is 2.79. The quantitative estimate of drug-likeness (QED) is 0.853. The molecular weight excluding hydrogens is 236 g/mol. The number of nitrogens with one attached hydrogen (secondary N) is 2. The summed E-state index contributed by atoms with van der Waals surface area (Å²) in [5.74, 6) is 0.907. The van der Waals surface area contributed by atoms with Crippen LogP contribution in [0.4, 0.5) is 5.69 Å². The molecule has 0 aliphatic carbocycles. The Bertz CT molecular complexity index is 373. The first-order chi connectivity index (χ1) is 9.28. The molecule has 1 aromatic rings. The van der Waals surface area contributed by atoms with Crippen molar-refractivity contribution in [2.75, 3.05) is 19.0 Å². The second-order valence-electron chi connectivity index (χ2n) is 5.51. The summed E-state index contributed by atoms with van der Waals surface area (Å²) in [6.45, 7) is 3.43. The third kappa shape index (κ3) is 4.75. The average molecular weight is 262 g/mol. The molecule has 1 saturated heterocycles. The van der Waals surface area contributed by atoms with Crippen LogP contribution in [0.25, 0.3) is 0 Å². The van der Waals surface area contributed by atoms with Crippen molar-refractivity contribution in [2.24, 2.45) is 0 Å². The number of benzene rings is 1. The molecule has 1 aromatic carbocycles. The first-order valence-electron chi connectivity index (χ1n) is 7.42. The highest BCUT2D eigenvalue weighted by atomic mass is 16.5. The van der Waals surface area contributed by atoms with E-state index in [1.54, 1.807) is 7.11 Å². The Balaban J connectivity index is 1.83. The van der Waals surface area contributed by atoms with E-state index in [-0.39, 0.29) is 0 Å². The van der Waals surface area contributed by atoms with Gasteiger partial charge in [-0.1, -0.05) is 18.9 Å². The van der Waals surface area contributed by atoms with Gasteiger partial charge in [-0.3, -0.25) is 0 Å². The maximum Gasteiger partial charge on any atom is 0.120 e. The third-order valence-corrected chi connectivity index (χ3v) is 3.78. The van der Waals surface area contributed by atoms with E-state index in [4.69, 9.17) is 4.74 Å². The maximum absolute atomic E-state index is 5.25. The van der Waals surface area contributed by atoms with Crippen molar-refractivity contribution in [1.82, 2.24) is 5.32 Å². The van der Waals surface area contributed by atoms with Crippen LogP contribution in [-0.2, 0) is 0 Å². The topological polar surface area (TPSA) is 33.3 Å². The van der Waals surface area contributed by atoms with E-state index in [1.165, 1.54) is 38.6 Å².